The zero-order chi connectivity index (χ0) is 42.8. The van der Waals surface area contributed by atoms with E-state index in [4.69, 9.17) is 24.8 Å². The van der Waals surface area contributed by atoms with Crippen LogP contribution in [-0.2, 0) is 37.5 Å². The van der Waals surface area contributed by atoms with Gasteiger partial charge in [0.05, 0.1) is 13.2 Å². The number of carbonyl (C=O) groups is 3. The van der Waals surface area contributed by atoms with Gasteiger partial charge in [-0.1, -0.05) is 178 Å². The SMILES string of the molecule is CC/C=C/C/C=C/C/C=C/C/C=C/CCCCC(=O)O[C@H](COC(=O)CCCCCCCCCCCCCCCCCCCCC)COP(=O)(O)OC[C@H](N)C(=O)O. The molecule has 0 amide bonds. The summed E-state index contributed by atoms with van der Waals surface area (Å²) in [4.78, 5) is 46.0. The molecule has 11 nitrogen and oxygen atoms in total. The molecule has 0 aromatic carbocycles. The van der Waals surface area contributed by atoms with Crippen molar-refractivity contribution in [3.8, 4) is 0 Å². The van der Waals surface area contributed by atoms with Crippen molar-refractivity contribution in [3.05, 3.63) is 48.6 Å². The predicted octanol–water partition coefficient (Wildman–Crippen LogP) is 12.2. The Hall–Kier alpha value is -2.56. The summed E-state index contributed by atoms with van der Waals surface area (Å²) < 4.78 is 32.7. The molecular weight excluding hydrogens is 757 g/mol. The van der Waals surface area contributed by atoms with E-state index in [1.54, 1.807) is 0 Å². The molecule has 0 saturated carbocycles. The monoisotopic (exact) mass is 840 g/mol. The Morgan fingerprint density at radius 3 is 1.45 bits per heavy atom. The van der Waals surface area contributed by atoms with Gasteiger partial charge in [0.2, 0.25) is 0 Å². The summed E-state index contributed by atoms with van der Waals surface area (Å²) in [5, 5.41) is 8.89. The van der Waals surface area contributed by atoms with Gasteiger partial charge in [0.1, 0.15) is 12.6 Å². The van der Waals surface area contributed by atoms with Crippen molar-refractivity contribution in [2.75, 3.05) is 19.8 Å². The van der Waals surface area contributed by atoms with E-state index in [2.05, 4.69) is 67.0 Å². The van der Waals surface area contributed by atoms with Crippen LogP contribution in [0, 0.1) is 0 Å². The lowest BCUT2D eigenvalue weighted by atomic mass is 10.0. The summed E-state index contributed by atoms with van der Waals surface area (Å²) in [6, 6.07) is -1.53. The van der Waals surface area contributed by atoms with E-state index in [1.165, 1.54) is 96.3 Å². The maximum atomic E-state index is 12.6. The van der Waals surface area contributed by atoms with Crippen LogP contribution in [0.25, 0.3) is 0 Å². The molecule has 1 unspecified atom stereocenters. The first-order valence-electron chi connectivity index (χ1n) is 22.7. The van der Waals surface area contributed by atoms with E-state index < -0.39 is 51.1 Å². The number of hydrogen-bond donors (Lipinski definition) is 3. The topological polar surface area (TPSA) is 172 Å². The molecule has 0 heterocycles. The van der Waals surface area contributed by atoms with Crippen LogP contribution in [-0.4, -0.2) is 59.9 Å². The molecule has 336 valence electrons. The van der Waals surface area contributed by atoms with Crippen molar-refractivity contribution in [1.29, 1.82) is 0 Å². The average Bonchev–Trinajstić information content (AvgIpc) is 3.20. The van der Waals surface area contributed by atoms with Crippen molar-refractivity contribution >= 4 is 25.7 Å². The molecule has 0 aromatic rings. The molecule has 3 atom stereocenters. The number of unbranched alkanes of at least 4 members (excludes halogenated alkanes) is 20. The van der Waals surface area contributed by atoms with Gasteiger partial charge >= 0.3 is 25.7 Å². The van der Waals surface area contributed by atoms with Gasteiger partial charge in [-0.3, -0.25) is 23.4 Å². The van der Waals surface area contributed by atoms with E-state index in [9.17, 15) is 23.8 Å². The Morgan fingerprint density at radius 2 is 0.966 bits per heavy atom. The predicted molar refractivity (Wildman–Crippen MR) is 235 cm³/mol. The van der Waals surface area contributed by atoms with Gasteiger partial charge in [0, 0.05) is 12.8 Å². The van der Waals surface area contributed by atoms with Gasteiger partial charge in [0.15, 0.2) is 6.10 Å². The second-order valence-electron chi connectivity index (χ2n) is 15.2. The smallest absolute Gasteiger partial charge is 0.472 e. The van der Waals surface area contributed by atoms with Gasteiger partial charge in [0.25, 0.3) is 0 Å². The van der Waals surface area contributed by atoms with Gasteiger partial charge in [-0.25, -0.2) is 4.57 Å². The molecule has 0 aromatic heterocycles. The number of allylic oxidation sites excluding steroid dienone is 8. The Morgan fingerprint density at radius 1 is 0.552 bits per heavy atom. The van der Waals surface area contributed by atoms with Gasteiger partial charge < -0.3 is 25.2 Å². The molecule has 0 bridgehead atoms. The van der Waals surface area contributed by atoms with Crippen molar-refractivity contribution in [3.63, 3.8) is 0 Å². The van der Waals surface area contributed by atoms with Crippen LogP contribution in [0.15, 0.2) is 48.6 Å². The highest BCUT2D eigenvalue weighted by atomic mass is 31.2. The van der Waals surface area contributed by atoms with Gasteiger partial charge in [-0.15, -0.1) is 0 Å². The molecule has 0 aliphatic rings. The number of nitrogens with two attached hydrogens (primary N) is 1. The molecule has 0 aliphatic carbocycles. The van der Waals surface area contributed by atoms with Crippen LogP contribution in [0.3, 0.4) is 0 Å². The summed E-state index contributed by atoms with van der Waals surface area (Å²) in [7, 11) is -4.73. The van der Waals surface area contributed by atoms with E-state index in [-0.39, 0.29) is 19.4 Å². The highest BCUT2D eigenvalue weighted by Gasteiger charge is 2.28. The number of carboxylic acids is 1. The summed E-state index contributed by atoms with van der Waals surface area (Å²) in [6.07, 6.45) is 46.1. The molecule has 58 heavy (non-hydrogen) atoms. The highest BCUT2D eigenvalue weighted by molar-refractivity contribution is 7.47. The average molecular weight is 840 g/mol. The normalized spacial score (nSPS) is 14.1. The molecule has 0 aliphatic heterocycles. The first-order chi connectivity index (χ1) is 28.1. The molecule has 0 saturated heterocycles. The number of hydrogen-bond acceptors (Lipinski definition) is 9. The lowest BCUT2D eigenvalue weighted by Crippen LogP contribution is -2.34. The zero-order valence-corrected chi connectivity index (χ0v) is 37.3. The Balaban J connectivity index is 4.35. The summed E-state index contributed by atoms with van der Waals surface area (Å²) in [5.41, 5.74) is 5.33. The first-order valence-corrected chi connectivity index (χ1v) is 24.2. The zero-order valence-electron chi connectivity index (χ0n) is 36.4. The highest BCUT2D eigenvalue weighted by Crippen LogP contribution is 2.43. The number of carbonyl (C=O) groups excluding carboxylic acids is 2. The Labute approximate surface area is 352 Å². The van der Waals surface area contributed by atoms with Crippen LogP contribution in [0.5, 0.6) is 0 Å². The van der Waals surface area contributed by atoms with Crippen molar-refractivity contribution in [2.24, 2.45) is 5.73 Å². The van der Waals surface area contributed by atoms with E-state index in [0.717, 1.165) is 57.8 Å². The fourth-order valence-electron chi connectivity index (χ4n) is 6.06. The summed E-state index contributed by atoms with van der Waals surface area (Å²) >= 11 is 0. The first kappa shape index (κ1) is 55.4. The van der Waals surface area contributed by atoms with Gasteiger partial charge in [-0.05, 0) is 51.4 Å². The lowest BCUT2D eigenvalue weighted by Gasteiger charge is -2.20. The third-order valence-corrected chi connectivity index (χ3v) is 10.5. The molecule has 12 heteroatoms. The quantitative estimate of drug-likeness (QED) is 0.0231. The number of phosphoric acid groups is 1. The largest absolute Gasteiger partial charge is 0.480 e. The Bertz CT molecular complexity index is 1170. The number of phosphoric ester groups is 1. The van der Waals surface area contributed by atoms with Crippen LogP contribution in [0.1, 0.15) is 194 Å². The molecule has 0 fully saturated rings. The molecule has 0 rings (SSSR count). The second kappa shape index (κ2) is 41.2. The van der Waals surface area contributed by atoms with Crippen LogP contribution >= 0.6 is 7.82 Å². The number of rotatable bonds is 42. The fraction of sp³-hybridized carbons (Fsp3) is 0.761. The number of ether oxygens (including phenoxy) is 2. The fourth-order valence-corrected chi connectivity index (χ4v) is 6.83. The molecular formula is C46H82NO10P. The minimum atomic E-state index is -4.73. The van der Waals surface area contributed by atoms with Gasteiger partial charge in [-0.2, -0.15) is 0 Å². The molecule has 4 N–H and O–H groups in total. The molecule has 0 radical (unpaired) electrons. The minimum Gasteiger partial charge on any atom is -0.480 e. The standard InChI is InChI=1S/C46H82NO10P/c1-3-5-7-9-11-13-15-17-19-20-21-22-24-25-27-29-31-33-35-37-44(48)54-39-42(40-55-58(52,53)56-41-43(47)46(50)51)57-45(49)38-36-34-32-30-28-26-23-18-16-14-12-10-8-6-4-2/h6,8,12,14,18,23,28,30,42-43H,3-5,7,9-11,13,15-17,19-22,24-27,29,31-41,47H2,1-2H3,(H,50,51)(H,52,53)/b8-6+,14-12+,23-18+,30-28+/t42-,43+/m1/s1. The van der Waals surface area contributed by atoms with Crippen LogP contribution < -0.4 is 5.73 Å². The third kappa shape index (κ3) is 40.2. The van der Waals surface area contributed by atoms with E-state index >= 15 is 0 Å². The number of esters is 2. The van der Waals surface area contributed by atoms with Crippen LogP contribution in [0.4, 0.5) is 0 Å². The summed E-state index contributed by atoms with van der Waals surface area (Å²) in [6.45, 7) is 2.66. The number of carboxylic acid groups (broad SMARTS) is 1. The third-order valence-electron chi connectivity index (χ3n) is 9.59. The Kier molecular flexibility index (Phi) is 39.4. The van der Waals surface area contributed by atoms with Crippen molar-refractivity contribution < 1.29 is 47.5 Å². The maximum Gasteiger partial charge on any atom is 0.472 e. The lowest BCUT2D eigenvalue weighted by molar-refractivity contribution is -0.161. The van der Waals surface area contributed by atoms with Crippen LogP contribution in [0.2, 0.25) is 0 Å². The summed E-state index contributed by atoms with van der Waals surface area (Å²) in [5.74, 6) is -2.43. The number of aliphatic carboxylic acids is 1. The van der Waals surface area contributed by atoms with Crippen molar-refractivity contribution in [1.82, 2.24) is 0 Å². The molecule has 0 spiro atoms. The van der Waals surface area contributed by atoms with E-state index in [0.29, 0.717) is 12.8 Å². The van der Waals surface area contributed by atoms with E-state index in [1.807, 2.05) is 0 Å². The maximum absolute atomic E-state index is 12.6. The van der Waals surface area contributed by atoms with Crippen molar-refractivity contribution in [2.45, 2.75) is 206 Å². The minimum absolute atomic E-state index is 0.109. The second-order valence-corrected chi connectivity index (χ2v) is 16.6.